The van der Waals surface area contributed by atoms with Crippen LogP contribution in [0.4, 0.5) is 13.2 Å². The molecule has 1 aromatic carbocycles. The molecule has 1 saturated heterocycles. The predicted molar refractivity (Wildman–Crippen MR) is 90.4 cm³/mol. The van der Waals surface area contributed by atoms with Crippen molar-refractivity contribution in [2.45, 2.75) is 24.4 Å². The molecule has 27 heavy (non-hydrogen) atoms. The maximum atomic E-state index is 13.1. The van der Waals surface area contributed by atoms with Gasteiger partial charge in [-0.2, -0.15) is 18.3 Å². The van der Waals surface area contributed by atoms with Gasteiger partial charge in [0.25, 0.3) is 11.5 Å². The SMILES string of the molecule is O=C(NCC1(c2cccc(C(F)(F)F)c2)CCOCC1)c1ccc(=O)[nH]n1. The normalized spacial score (nSPS) is 16.7. The molecule has 1 amide bonds. The first kappa shape index (κ1) is 19.1. The van der Waals surface area contributed by atoms with Crippen LogP contribution in [0.3, 0.4) is 0 Å². The quantitative estimate of drug-likeness (QED) is 0.851. The van der Waals surface area contributed by atoms with Crippen molar-refractivity contribution in [3.63, 3.8) is 0 Å². The third-order valence-corrected chi connectivity index (χ3v) is 4.75. The Kier molecular flexibility index (Phi) is 5.31. The van der Waals surface area contributed by atoms with Crippen LogP contribution in [0.5, 0.6) is 0 Å². The van der Waals surface area contributed by atoms with Crippen molar-refractivity contribution >= 4 is 5.91 Å². The van der Waals surface area contributed by atoms with Gasteiger partial charge in [0.15, 0.2) is 0 Å². The summed E-state index contributed by atoms with van der Waals surface area (Å²) >= 11 is 0. The maximum absolute atomic E-state index is 13.1. The van der Waals surface area contributed by atoms with Gasteiger partial charge < -0.3 is 10.1 Å². The summed E-state index contributed by atoms with van der Waals surface area (Å²) in [6.07, 6.45) is -3.48. The second-order valence-electron chi connectivity index (χ2n) is 6.46. The van der Waals surface area contributed by atoms with Crippen molar-refractivity contribution in [3.8, 4) is 0 Å². The summed E-state index contributed by atoms with van der Waals surface area (Å²) in [4.78, 5) is 23.3. The highest BCUT2D eigenvalue weighted by Crippen LogP contribution is 2.37. The molecule has 2 N–H and O–H groups in total. The first-order valence-electron chi connectivity index (χ1n) is 8.40. The topological polar surface area (TPSA) is 84.1 Å². The van der Waals surface area contributed by atoms with Gasteiger partial charge in [0, 0.05) is 31.2 Å². The average Bonchev–Trinajstić information content (AvgIpc) is 2.67. The molecule has 9 heteroatoms. The minimum atomic E-state index is -4.44. The molecular formula is C18H18F3N3O3. The Balaban J connectivity index is 1.84. The molecule has 2 aromatic rings. The van der Waals surface area contributed by atoms with Gasteiger partial charge in [-0.25, -0.2) is 5.10 Å². The molecule has 0 saturated carbocycles. The fraction of sp³-hybridized carbons (Fsp3) is 0.389. The number of H-pyrrole nitrogens is 1. The van der Waals surface area contributed by atoms with Crippen LogP contribution in [0.15, 0.2) is 41.2 Å². The lowest BCUT2D eigenvalue weighted by Crippen LogP contribution is -2.45. The molecule has 1 aromatic heterocycles. The molecule has 0 bridgehead atoms. The molecule has 1 aliphatic heterocycles. The number of aromatic amines is 1. The number of rotatable bonds is 4. The standard InChI is InChI=1S/C18H18F3N3O3/c19-18(20,21)13-3-1-2-12(10-13)17(6-8-27-9-7-17)11-22-16(26)14-4-5-15(25)24-23-14/h1-5,10H,6-9,11H2,(H,22,26)(H,24,25). The van der Waals surface area contributed by atoms with Crippen LogP contribution >= 0.6 is 0 Å². The smallest absolute Gasteiger partial charge is 0.381 e. The molecule has 1 aliphatic rings. The summed E-state index contributed by atoms with van der Waals surface area (Å²) < 4.78 is 44.6. The number of hydrogen-bond acceptors (Lipinski definition) is 4. The van der Waals surface area contributed by atoms with Gasteiger partial charge in [-0.15, -0.1) is 0 Å². The molecule has 0 unspecified atom stereocenters. The minimum Gasteiger partial charge on any atom is -0.381 e. The molecule has 3 rings (SSSR count). The molecule has 0 spiro atoms. The van der Waals surface area contributed by atoms with E-state index in [1.807, 2.05) is 0 Å². The predicted octanol–water partition coefficient (Wildman–Crippen LogP) is 2.27. The first-order chi connectivity index (χ1) is 12.8. The Bertz CT molecular complexity index is 853. The van der Waals surface area contributed by atoms with Gasteiger partial charge in [-0.1, -0.05) is 18.2 Å². The Morgan fingerprint density at radius 2 is 1.96 bits per heavy atom. The van der Waals surface area contributed by atoms with E-state index in [4.69, 9.17) is 4.74 Å². The second-order valence-corrected chi connectivity index (χ2v) is 6.46. The lowest BCUT2D eigenvalue weighted by Gasteiger charge is -2.38. The first-order valence-corrected chi connectivity index (χ1v) is 8.40. The summed E-state index contributed by atoms with van der Waals surface area (Å²) in [7, 11) is 0. The van der Waals surface area contributed by atoms with E-state index in [1.54, 1.807) is 6.07 Å². The van der Waals surface area contributed by atoms with Gasteiger partial charge in [0.2, 0.25) is 0 Å². The zero-order valence-corrected chi connectivity index (χ0v) is 14.3. The monoisotopic (exact) mass is 381 g/mol. The van der Waals surface area contributed by atoms with Gasteiger partial charge in [-0.3, -0.25) is 9.59 Å². The van der Waals surface area contributed by atoms with Crippen LogP contribution in [-0.2, 0) is 16.3 Å². The zero-order valence-electron chi connectivity index (χ0n) is 14.3. The van der Waals surface area contributed by atoms with Crippen LogP contribution < -0.4 is 10.9 Å². The van der Waals surface area contributed by atoms with Crippen molar-refractivity contribution in [2.75, 3.05) is 19.8 Å². The minimum absolute atomic E-state index is 0.0286. The molecule has 0 atom stereocenters. The summed E-state index contributed by atoms with van der Waals surface area (Å²) in [6, 6.07) is 7.65. The van der Waals surface area contributed by atoms with E-state index in [1.165, 1.54) is 18.2 Å². The summed E-state index contributed by atoms with van der Waals surface area (Å²) in [5.74, 6) is -0.510. The number of carbonyl (C=O) groups excluding carboxylic acids is 1. The molecular weight excluding hydrogens is 363 g/mol. The summed E-state index contributed by atoms with van der Waals surface area (Å²) in [5.41, 5.74) is -1.29. The number of halogens is 3. The molecule has 6 nitrogen and oxygen atoms in total. The number of aromatic nitrogens is 2. The molecule has 0 aliphatic carbocycles. The number of hydrogen-bond donors (Lipinski definition) is 2. The Hall–Kier alpha value is -2.68. The van der Waals surface area contributed by atoms with Crippen LogP contribution in [-0.4, -0.2) is 35.9 Å². The summed E-state index contributed by atoms with van der Waals surface area (Å²) in [6.45, 7) is 0.920. The van der Waals surface area contributed by atoms with Crippen LogP contribution in [0, 0.1) is 0 Å². The van der Waals surface area contributed by atoms with E-state index >= 15 is 0 Å². The number of alkyl halides is 3. The van der Waals surface area contributed by atoms with Crippen LogP contribution in [0.1, 0.15) is 34.5 Å². The molecule has 0 radical (unpaired) electrons. The fourth-order valence-corrected chi connectivity index (χ4v) is 3.17. The highest BCUT2D eigenvalue weighted by atomic mass is 19.4. The number of benzene rings is 1. The number of nitrogens with one attached hydrogen (secondary N) is 2. The lowest BCUT2D eigenvalue weighted by molar-refractivity contribution is -0.137. The van der Waals surface area contributed by atoms with E-state index in [-0.39, 0.29) is 12.2 Å². The Morgan fingerprint density at radius 3 is 2.59 bits per heavy atom. The van der Waals surface area contributed by atoms with Crippen LogP contribution in [0.2, 0.25) is 0 Å². The van der Waals surface area contributed by atoms with Crippen molar-refractivity contribution in [1.82, 2.24) is 15.5 Å². The van der Waals surface area contributed by atoms with E-state index in [2.05, 4.69) is 15.5 Å². The van der Waals surface area contributed by atoms with Crippen molar-refractivity contribution in [2.24, 2.45) is 0 Å². The molecule has 1 fully saturated rings. The molecule has 144 valence electrons. The average molecular weight is 381 g/mol. The third-order valence-electron chi connectivity index (χ3n) is 4.75. The number of nitrogens with zero attached hydrogens (tertiary/aromatic N) is 1. The fourth-order valence-electron chi connectivity index (χ4n) is 3.17. The van der Waals surface area contributed by atoms with E-state index < -0.39 is 28.6 Å². The summed E-state index contributed by atoms with van der Waals surface area (Å²) in [5, 5.41) is 8.56. The largest absolute Gasteiger partial charge is 0.416 e. The highest BCUT2D eigenvalue weighted by molar-refractivity contribution is 5.92. The van der Waals surface area contributed by atoms with Gasteiger partial charge in [0.1, 0.15) is 5.69 Å². The van der Waals surface area contributed by atoms with Crippen molar-refractivity contribution in [1.29, 1.82) is 0 Å². The van der Waals surface area contributed by atoms with Crippen molar-refractivity contribution in [3.05, 3.63) is 63.6 Å². The number of amides is 1. The number of carbonyl (C=O) groups is 1. The highest BCUT2D eigenvalue weighted by Gasteiger charge is 2.37. The van der Waals surface area contributed by atoms with E-state index in [0.29, 0.717) is 31.6 Å². The van der Waals surface area contributed by atoms with E-state index in [0.717, 1.165) is 12.1 Å². The van der Waals surface area contributed by atoms with Crippen LogP contribution in [0.25, 0.3) is 0 Å². The number of ether oxygens (including phenoxy) is 1. The second kappa shape index (κ2) is 7.51. The lowest BCUT2D eigenvalue weighted by atomic mass is 9.73. The zero-order chi connectivity index (χ0) is 19.5. The Labute approximate surface area is 152 Å². The van der Waals surface area contributed by atoms with E-state index in [9.17, 15) is 22.8 Å². The maximum Gasteiger partial charge on any atom is 0.416 e. The van der Waals surface area contributed by atoms with Crippen molar-refractivity contribution < 1.29 is 22.7 Å². The van der Waals surface area contributed by atoms with Gasteiger partial charge in [0.05, 0.1) is 5.56 Å². The van der Waals surface area contributed by atoms with Gasteiger partial charge in [-0.05, 0) is 30.5 Å². The Morgan fingerprint density at radius 1 is 1.22 bits per heavy atom. The van der Waals surface area contributed by atoms with Gasteiger partial charge >= 0.3 is 6.18 Å². The molecule has 2 heterocycles. The third kappa shape index (κ3) is 4.36.